The van der Waals surface area contributed by atoms with Gasteiger partial charge in [0, 0.05) is 56.7 Å². The van der Waals surface area contributed by atoms with Crippen molar-refractivity contribution in [3.8, 4) is 0 Å². The van der Waals surface area contributed by atoms with Crippen LogP contribution in [-0.4, -0.2) is 240 Å². The molecule has 27 heteroatoms. The Morgan fingerprint density at radius 3 is 1.72 bits per heavy atom. The van der Waals surface area contributed by atoms with Crippen LogP contribution in [0.5, 0.6) is 0 Å². The zero-order valence-electron chi connectivity index (χ0n) is 55.7. The molecule has 26 nitrogen and oxygen atoms in total. The molecular weight excluding hydrogens is 1300 g/mol. The number of ether oxygens (including phenoxy) is 10. The first-order chi connectivity index (χ1) is 43.0. The molecule has 4 heterocycles. The van der Waals surface area contributed by atoms with Gasteiger partial charge in [0.05, 0.1) is 49.7 Å². The van der Waals surface area contributed by atoms with Gasteiger partial charge in [-0.25, -0.2) is 14.4 Å². The number of carboxylic acids is 1. The molecule has 0 bridgehead atoms. The summed E-state index contributed by atoms with van der Waals surface area (Å²) in [5, 5.41) is 134. The predicted octanol–water partition coefficient (Wildman–Crippen LogP) is 1.38. The standard InChI is InChI=1S/C66H102O26.Y/c1-14-28(3)56(81)88-49-30(5)83-35(44(74)50(49)89-57(82)29(4)15-2)22-33-54(84-31(6)70)66(27-69)34(23-61(33,7)8)32-16-17-39-63(11)20-19-41(62(9,10)38(63)18-21-64(39,12)65(32,13)24-40(66)71)87-60-53(92-59-47(77)45(75)42(72)36(25-67)85-59)51(48(78)52(91-60)55(79)80)90-58-46(76)43(73)37(26-68)86-58;/h14-16,30,33-54,58-60,67-69,71-78H,17-27H2,1-13H3,(H,79,80);/b28-14-,29-15-;/t30?,33-,34?,35-,36?,37-,38?,39?,40+,41-,42-,43+,44?,45+,46?,47?,48-,49-,50+,51+,52?,53?,54-,58-,59-,60+,63-,64+,65+,66-;/m0./s1. The predicted molar refractivity (Wildman–Crippen MR) is 319 cm³/mol. The van der Waals surface area contributed by atoms with E-state index in [1.165, 1.54) is 6.92 Å². The number of aliphatic carboxylic acids is 1. The van der Waals surface area contributed by atoms with Crippen LogP contribution in [-0.2, 0) is 99.3 Å². The maximum absolute atomic E-state index is 13.5. The van der Waals surface area contributed by atoms with Crippen molar-refractivity contribution < 1.29 is 161 Å². The monoisotopic (exact) mass is 1400 g/mol. The number of allylic oxidation sites excluding steroid dienone is 4. The number of carbonyl (C=O) groups excluding carboxylic acids is 3. The van der Waals surface area contributed by atoms with E-state index >= 15 is 0 Å². The van der Waals surface area contributed by atoms with Gasteiger partial charge in [-0.3, -0.25) is 4.79 Å². The van der Waals surface area contributed by atoms with Gasteiger partial charge in [0.1, 0.15) is 73.2 Å². The number of hydrogen-bond acceptors (Lipinski definition) is 25. The van der Waals surface area contributed by atoms with Gasteiger partial charge in [-0.05, 0) is 131 Å². The quantitative estimate of drug-likeness (QED) is 0.0322. The molecule has 9 rings (SSSR count). The molecule has 0 aromatic rings. The summed E-state index contributed by atoms with van der Waals surface area (Å²) in [4.78, 5) is 53.2. The number of rotatable bonds is 17. The summed E-state index contributed by atoms with van der Waals surface area (Å²) in [5.74, 6) is -5.02. The fraction of sp³-hybridized carbons (Fsp3) is 0.848. The van der Waals surface area contributed by atoms with Crippen molar-refractivity contribution in [2.75, 3.05) is 19.8 Å². The Kier molecular flexibility index (Phi) is 23.5. The van der Waals surface area contributed by atoms with Gasteiger partial charge in [-0.15, -0.1) is 0 Å². The van der Waals surface area contributed by atoms with Crippen molar-refractivity contribution in [2.24, 2.45) is 56.2 Å². The van der Waals surface area contributed by atoms with Crippen molar-refractivity contribution in [1.82, 2.24) is 0 Å². The molecule has 0 amide bonds. The molecule has 525 valence electrons. The van der Waals surface area contributed by atoms with Gasteiger partial charge in [-0.1, -0.05) is 72.3 Å². The van der Waals surface area contributed by atoms with Crippen molar-refractivity contribution in [3.05, 3.63) is 34.9 Å². The number of hydrogen-bond donors (Lipinski definition) is 12. The average Bonchev–Trinajstić information content (AvgIpc) is 0.974. The summed E-state index contributed by atoms with van der Waals surface area (Å²) >= 11 is 0. The first-order valence-electron chi connectivity index (χ1n) is 32.6. The molecule has 0 aromatic carbocycles. The normalized spacial score (nSPS) is 47.8. The zero-order chi connectivity index (χ0) is 68.0. The Bertz CT molecular complexity index is 2790. The minimum absolute atomic E-state index is 0. The van der Waals surface area contributed by atoms with Crippen molar-refractivity contribution in [3.63, 3.8) is 0 Å². The van der Waals surface area contributed by atoms with Gasteiger partial charge in [0.2, 0.25) is 0 Å². The van der Waals surface area contributed by atoms with E-state index in [0.717, 1.165) is 5.57 Å². The largest absolute Gasteiger partial charge is 0.479 e. The molecule has 9 aliphatic rings. The van der Waals surface area contributed by atoms with Crippen molar-refractivity contribution in [1.29, 1.82) is 0 Å². The Labute approximate surface area is 568 Å². The summed E-state index contributed by atoms with van der Waals surface area (Å²) < 4.78 is 61.5. The Morgan fingerprint density at radius 1 is 0.613 bits per heavy atom. The first kappa shape index (κ1) is 76.2. The van der Waals surface area contributed by atoms with Gasteiger partial charge in [0.25, 0.3) is 0 Å². The van der Waals surface area contributed by atoms with E-state index in [1.807, 2.05) is 27.7 Å². The number of aliphatic hydroxyl groups is 11. The fourth-order valence-electron chi connectivity index (χ4n) is 18.6. The van der Waals surface area contributed by atoms with E-state index < -0.39 is 223 Å². The number of carbonyl (C=O) groups is 4. The Balaban J connectivity index is 0.0000111. The molecule has 93 heavy (non-hydrogen) atoms. The Morgan fingerprint density at radius 2 is 1.17 bits per heavy atom. The van der Waals surface area contributed by atoms with Crippen LogP contribution in [0.3, 0.4) is 0 Å². The summed E-state index contributed by atoms with van der Waals surface area (Å²) in [6.45, 7) is 22.2. The summed E-state index contributed by atoms with van der Waals surface area (Å²) in [6, 6.07) is 0. The molecular formula is C66H102O26Y. The molecule has 5 aliphatic carbocycles. The van der Waals surface area contributed by atoms with E-state index in [-0.39, 0.29) is 63.0 Å². The second-order valence-corrected chi connectivity index (χ2v) is 29.8. The Hall–Kier alpha value is -2.52. The third-order valence-electron chi connectivity index (χ3n) is 24.3. The molecule has 10 unspecified atom stereocenters. The topological polar surface area (TPSA) is 403 Å². The second kappa shape index (κ2) is 28.6. The van der Waals surface area contributed by atoms with Crippen LogP contribution in [0.25, 0.3) is 0 Å². The second-order valence-electron chi connectivity index (χ2n) is 29.8. The van der Waals surface area contributed by atoms with Crippen LogP contribution >= 0.6 is 0 Å². The first-order valence-corrected chi connectivity index (χ1v) is 32.6. The third kappa shape index (κ3) is 13.1. The van der Waals surface area contributed by atoms with Crippen molar-refractivity contribution in [2.45, 2.75) is 276 Å². The smallest absolute Gasteiger partial charge is 0.335 e. The average molecular weight is 1400 g/mol. The molecule has 12 N–H and O–H groups in total. The van der Waals surface area contributed by atoms with E-state index in [9.17, 15) is 80.5 Å². The number of esters is 3. The van der Waals surface area contributed by atoms with Crippen LogP contribution in [0, 0.1) is 56.2 Å². The van der Waals surface area contributed by atoms with Gasteiger partial charge in [0.15, 0.2) is 37.2 Å². The molecule has 1 radical (unpaired) electrons. The van der Waals surface area contributed by atoms with Gasteiger partial charge in [-0.2, -0.15) is 0 Å². The summed E-state index contributed by atoms with van der Waals surface area (Å²) in [5.41, 5.74) is -2.97. The molecule has 4 aliphatic heterocycles. The SMILES string of the molecule is C/C=C(/C)C(=O)O[C@@H]1C(O)[C@H](C[C@H]2[C@H](OC(C)=O)[C@@]3(CO)C(CC2(C)C)C2=CCC4[C@@]5(C)CC[C@H](O[C@@H]6OC(C(=O)O)[C@@H](O)[C@@H](O[C@@H]7O[C@@H](CO)[C@@H](O)C7O)C6O[C@@H]6OC(CO)[C@H](O)[C@@H](O)C6O)C(C)(C)C5CC[C@@]4(C)[C@]2(C)C[C@H]3O)OC(C)[C@@H]1OC(=O)/C(C)=C\C.[Y]. The van der Waals surface area contributed by atoms with E-state index in [2.05, 4.69) is 26.8 Å². The number of fused-ring (bicyclic) bond motifs is 7. The fourth-order valence-corrected chi connectivity index (χ4v) is 18.6. The minimum atomic E-state index is -2.13. The van der Waals surface area contributed by atoms with Gasteiger partial charge < -0.3 is 109 Å². The van der Waals surface area contributed by atoms with Crippen LogP contribution < -0.4 is 0 Å². The van der Waals surface area contributed by atoms with E-state index in [1.54, 1.807) is 46.8 Å². The van der Waals surface area contributed by atoms with Crippen LogP contribution in [0.4, 0.5) is 0 Å². The zero-order valence-corrected chi connectivity index (χ0v) is 58.5. The number of aliphatic hydroxyl groups excluding tert-OH is 11. The molecule has 4 saturated carbocycles. The molecule has 0 aromatic heterocycles. The maximum atomic E-state index is 13.5. The molecule has 4 saturated heterocycles. The third-order valence-corrected chi connectivity index (χ3v) is 24.3. The molecule has 30 atom stereocenters. The van der Waals surface area contributed by atoms with Crippen LogP contribution in [0.1, 0.15) is 141 Å². The van der Waals surface area contributed by atoms with Gasteiger partial charge >= 0.3 is 23.9 Å². The molecule has 0 spiro atoms. The van der Waals surface area contributed by atoms with E-state index in [0.29, 0.717) is 44.1 Å². The van der Waals surface area contributed by atoms with Crippen molar-refractivity contribution >= 4 is 23.9 Å². The minimum Gasteiger partial charge on any atom is -0.479 e. The number of carboxylic acid groups (broad SMARTS) is 1. The summed E-state index contributed by atoms with van der Waals surface area (Å²) in [7, 11) is 0. The maximum Gasteiger partial charge on any atom is 0.335 e. The summed E-state index contributed by atoms with van der Waals surface area (Å²) in [6.07, 6.45) is -25.8. The van der Waals surface area contributed by atoms with Crippen LogP contribution in [0.15, 0.2) is 34.9 Å². The molecule has 8 fully saturated rings. The van der Waals surface area contributed by atoms with E-state index in [4.69, 9.17) is 47.4 Å². The van der Waals surface area contributed by atoms with Crippen LogP contribution in [0.2, 0.25) is 0 Å².